The Morgan fingerprint density at radius 3 is 2.32 bits per heavy atom. The van der Waals surface area contributed by atoms with Crippen molar-refractivity contribution in [3.8, 4) is 5.75 Å². The second kappa shape index (κ2) is 10.0. The first-order valence-corrected chi connectivity index (χ1v) is 8.70. The van der Waals surface area contributed by atoms with Crippen molar-refractivity contribution in [3.05, 3.63) is 65.5 Å². The molecule has 0 saturated heterocycles. The minimum Gasteiger partial charge on any atom is -0.489 e. The number of halogens is 2. The number of hydrogen-bond acceptors (Lipinski definition) is 3. The summed E-state index contributed by atoms with van der Waals surface area (Å²) in [6.07, 6.45) is 3.36. The first-order valence-electron chi connectivity index (χ1n) is 8.26. The predicted octanol–water partition coefficient (Wildman–Crippen LogP) is 4.90. The molecule has 2 aromatic carbocycles. The summed E-state index contributed by atoms with van der Waals surface area (Å²) in [6.45, 7) is 0.407. The standard InChI is InChI=1S/C20H22ClFO3/c1-24-20(23)19(21)5-3-2-4-15-8-12-18(13-9-15)25-14-16-6-10-17(22)11-7-16/h6-13,19H,2-5,14H2,1H3. The van der Waals surface area contributed by atoms with Crippen LogP contribution in [0.3, 0.4) is 0 Å². The Balaban J connectivity index is 1.70. The Morgan fingerprint density at radius 1 is 1.04 bits per heavy atom. The minimum atomic E-state index is -0.563. The van der Waals surface area contributed by atoms with Gasteiger partial charge in [0.1, 0.15) is 23.6 Å². The third-order valence-electron chi connectivity index (χ3n) is 3.87. The third-order valence-corrected chi connectivity index (χ3v) is 4.27. The van der Waals surface area contributed by atoms with Crippen molar-refractivity contribution in [2.45, 2.75) is 37.7 Å². The van der Waals surface area contributed by atoms with Crippen LogP contribution in [0.1, 0.15) is 30.4 Å². The monoisotopic (exact) mass is 364 g/mol. The number of methoxy groups -OCH3 is 1. The fraction of sp³-hybridized carbons (Fsp3) is 0.350. The predicted molar refractivity (Wildman–Crippen MR) is 96.4 cm³/mol. The van der Waals surface area contributed by atoms with Crippen LogP contribution < -0.4 is 4.74 Å². The average molecular weight is 365 g/mol. The molecule has 0 amide bonds. The van der Waals surface area contributed by atoms with Gasteiger partial charge in [0.15, 0.2) is 0 Å². The lowest BCUT2D eigenvalue weighted by atomic mass is 10.1. The summed E-state index contributed by atoms with van der Waals surface area (Å²) in [7, 11) is 1.34. The van der Waals surface area contributed by atoms with Crippen molar-refractivity contribution in [3.63, 3.8) is 0 Å². The van der Waals surface area contributed by atoms with Crippen LogP contribution in [0.2, 0.25) is 0 Å². The first-order chi connectivity index (χ1) is 12.1. The smallest absolute Gasteiger partial charge is 0.323 e. The molecule has 0 aromatic heterocycles. The van der Waals surface area contributed by atoms with Crippen molar-refractivity contribution in [2.24, 2.45) is 0 Å². The molecule has 0 aliphatic rings. The lowest BCUT2D eigenvalue weighted by molar-refractivity contribution is -0.140. The van der Waals surface area contributed by atoms with E-state index in [0.29, 0.717) is 13.0 Å². The van der Waals surface area contributed by atoms with Gasteiger partial charge in [-0.1, -0.05) is 30.7 Å². The minimum absolute atomic E-state index is 0.250. The SMILES string of the molecule is COC(=O)C(Cl)CCCCc1ccc(OCc2ccc(F)cc2)cc1. The average Bonchev–Trinajstić information content (AvgIpc) is 2.65. The number of alkyl halides is 1. The van der Waals surface area contributed by atoms with Crippen LogP contribution in [-0.2, 0) is 22.6 Å². The van der Waals surface area contributed by atoms with E-state index in [1.54, 1.807) is 12.1 Å². The Labute approximate surface area is 152 Å². The van der Waals surface area contributed by atoms with Crippen LogP contribution in [-0.4, -0.2) is 18.5 Å². The summed E-state index contributed by atoms with van der Waals surface area (Å²) in [5.74, 6) is 0.157. The molecule has 0 radical (unpaired) electrons. The van der Waals surface area contributed by atoms with E-state index in [1.165, 1.54) is 24.8 Å². The Kier molecular flexibility index (Phi) is 7.74. The maximum atomic E-state index is 12.9. The molecule has 2 aromatic rings. The second-order valence-corrected chi connectivity index (χ2v) is 6.32. The number of unbranched alkanes of at least 4 members (excludes halogenated alkanes) is 1. The maximum absolute atomic E-state index is 12.9. The molecule has 0 N–H and O–H groups in total. The highest BCUT2D eigenvalue weighted by molar-refractivity contribution is 6.29. The number of hydrogen-bond donors (Lipinski definition) is 0. The molecule has 5 heteroatoms. The zero-order chi connectivity index (χ0) is 18.1. The summed E-state index contributed by atoms with van der Waals surface area (Å²) < 4.78 is 23.1. The molecule has 25 heavy (non-hydrogen) atoms. The van der Waals surface area contributed by atoms with Crippen molar-refractivity contribution in [1.29, 1.82) is 0 Å². The van der Waals surface area contributed by atoms with Crippen LogP contribution in [0.5, 0.6) is 5.75 Å². The number of ether oxygens (including phenoxy) is 2. The van der Waals surface area contributed by atoms with Gasteiger partial charge in [-0.05, 0) is 54.7 Å². The fourth-order valence-corrected chi connectivity index (χ4v) is 2.64. The van der Waals surface area contributed by atoms with E-state index in [4.69, 9.17) is 16.3 Å². The number of esters is 1. The van der Waals surface area contributed by atoms with Crippen molar-refractivity contribution < 1.29 is 18.7 Å². The molecule has 1 atom stereocenters. The van der Waals surface area contributed by atoms with Gasteiger partial charge < -0.3 is 9.47 Å². The molecule has 0 spiro atoms. The lowest BCUT2D eigenvalue weighted by Crippen LogP contribution is -2.15. The largest absolute Gasteiger partial charge is 0.489 e. The van der Waals surface area contributed by atoms with Gasteiger partial charge in [0, 0.05) is 0 Å². The zero-order valence-corrected chi connectivity index (χ0v) is 15.0. The van der Waals surface area contributed by atoms with Gasteiger partial charge in [0.25, 0.3) is 0 Å². The summed E-state index contributed by atoms with van der Waals surface area (Å²) in [5, 5.41) is -0.563. The van der Waals surface area contributed by atoms with E-state index < -0.39 is 5.38 Å². The molecule has 134 valence electrons. The summed E-state index contributed by atoms with van der Waals surface area (Å²) >= 11 is 5.92. The van der Waals surface area contributed by atoms with E-state index in [2.05, 4.69) is 4.74 Å². The number of aryl methyl sites for hydroxylation is 1. The van der Waals surface area contributed by atoms with Crippen LogP contribution in [0.4, 0.5) is 4.39 Å². The molecule has 0 aliphatic carbocycles. The van der Waals surface area contributed by atoms with Crippen LogP contribution in [0.25, 0.3) is 0 Å². The van der Waals surface area contributed by atoms with Crippen LogP contribution >= 0.6 is 11.6 Å². The molecular formula is C20H22ClFO3. The number of carbonyl (C=O) groups excluding carboxylic acids is 1. The number of carbonyl (C=O) groups is 1. The van der Waals surface area contributed by atoms with E-state index in [0.717, 1.165) is 30.6 Å². The van der Waals surface area contributed by atoms with Gasteiger partial charge in [0.05, 0.1) is 7.11 Å². The van der Waals surface area contributed by atoms with Gasteiger partial charge in [-0.3, -0.25) is 4.79 Å². The van der Waals surface area contributed by atoms with E-state index >= 15 is 0 Å². The van der Waals surface area contributed by atoms with Gasteiger partial charge in [-0.25, -0.2) is 4.39 Å². The fourth-order valence-electron chi connectivity index (χ4n) is 2.40. The molecule has 0 saturated carbocycles. The van der Waals surface area contributed by atoms with Gasteiger partial charge in [0.2, 0.25) is 0 Å². The molecule has 0 bridgehead atoms. The van der Waals surface area contributed by atoms with Gasteiger partial charge in [-0.15, -0.1) is 11.6 Å². The molecule has 0 fully saturated rings. The molecular weight excluding hydrogens is 343 g/mol. The first kappa shape index (κ1) is 19.3. The van der Waals surface area contributed by atoms with Crippen LogP contribution in [0.15, 0.2) is 48.5 Å². The highest BCUT2D eigenvalue weighted by atomic mass is 35.5. The highest BCUT2D eigenvalue weighted by Gasteiger charge is 2.14. The van der Waals surface area contributed by atoms with Gasteiger partial charge >= 0.3 is 5.97 Å². The van der Waals surface area contributed by atoms with Crippen molar-refractivity contribution >= 4 is 17.6 Å². The van der Waals surface area contributed by atoms with E-state index in [1.807, 2.05) is 24.3 Å². The molecule has 2 rings (SSSR count). The Morgan fingerprint density at radius 2 is 1.68 bits per heavy atom. The van der Waals surface area contributed by atoms with E-state index in [9.17, 15) is 9.18 Å². The quantitative estimate of drug-likeness (QED) is 0.361. The molecule has 3 nitrogen and oxygen atoms in total. The van der Waals surface area contributed by atoms with Gasteiger partial charge in [-0.2, -0.15) is 0 Å². The molecule has 1 unspecified atom stereocenters. The topological polar surface area (TPSA) is 35.5 Å². The summed E-state index contributed by atoms with van der Waals surface area (Å²) in [4.78, 5) is 11.2. The molecule has 0 aliphatic heterocycles. The highest BCUT2D eigenvalue weighted by Crippen LogP contribution is 2.17. The zero-order valence-electron chi connectivity index (χ0n) is 14.2. The molecule has 0 heterocycles. The lowest BCUT2D eigenvalue weighted by Gasteiger charge is -2.08. The third kappa shape index (κ3) is 6.75. The Bertz CT molecular complexity index is 656. The van der Waals surface area contributed by atoms with Crippen molar-refractivity contribution in [1.82, 2.24) is 0 Å². The summed E-state index contributed by atoms with van der Waals surface area (Å²) in [6, 6.07) is 14.2. The number of benzene rings is 2. The summed E-state index contributed by atoms with van der Waals surface area (Å²) in [5.41, 5.74) is 2.13. The maximum Gasteiger partial charge on any atom is 0.323 e. The van der Waals surface area contributed by atoms with Crippen LogP contribution in [0, 0.1) is 5.82 Å². The Hall–Kier alpha value is -2.07. The number of rotatable bonds is 9. The second-order valence-electron chi connectivity index (χ2n) is 5.80. The van der Waals surface area contributed by atoms with Crippen molar-refractivity contribution in [2.75, 3.05) is 7.11 Å². The van der Waals surface area contributed by atoms with E-state index in [-0.39, 0.29) is 11.8 Å². The normalized spacial score (nSPS) is 11.8.